The Morgan fingerprint density at radius 1 is 0.661 bits per heavy atom. The maximum atomic E-state index is 11.7. The van der Waals surface area contributed by atoms with Crippen molar-refractivity contribution in [2.24, 2.45) is 16.6 Å². The highest BCUT2D eigenvalue weighted by atomic mass is 32.2. The molecule has 0 aliphatic heterocycles. The summed E-state index contributed by atoms with van der Waals surface area (Å²) in [4.78, 5) is 23.3. The number of carbonyl (C=O) groups is 2. The molecule has 0 aliphatic carbocycles. The number of nitrogens with one attached hydrogen (secondary N) is 3. The van der Waals surface area contributed by atoms with Gasteiger partial charge in [0.25, 0.3) is 10.0 Å². The van der Waals surface area contributed by atoms with E-state index in [0.717, 1.165) is 0 Å². The number of nitrogens with zero attached hydrogens (tertiary/aromatic N) is 2. The standard InChI is InChI=1S/C26H32N2O2.C12H22N6O6S2/c1-22-12-14-25(15-13-22)26(23-8-4-2-5-9-23,24-10-6-3-7-11-24)28-17-19-30-21-20-29-18-16-27;13-3-5-23-7-8-24-6-4-15-9(19)1-2-10(20)16-11-17-18-12(25-11)26(14,21)22/h2-15,28H,16-21,27H2,1H3;1-8,13H2,(H,15,19)(H2,14,21,22)(H,16,17,20). The van der Waals surface area contributed by atoms with Gasteiger partial charge in [-0.3, -0.25) is 14.9 Å². The van der Waals surface area contributed by atoms with Crippen LogP contribution in [0.5, 0.6) is 0 Å². The lowest BCUT2D eigenvalue weighted by molar-refractivity contribution is -0.124. The number of sulfonamides is 1. The number of benzene rings is 3. The van der Waals surface area contributed by atoms with E-state index in [4.69, 9.17) is 35.6 Å². The zero-order chi connectivity index (χ0) is 40.5. The molecule has 3 aromatic carbocycles. The summed E-state index contributed by atoms with van der Waals surface area (Å²) in [6.45, 7) is 8.06. The number of ether oxygens (including phenoxy) is 4. The van der Waals surface area contributed by atoms with Crippen molar-refractivity contribution < 1.29 is 37.0 Å². The number of carbonyl (C=O) groups excluding carboxylic acids is 2. The summed E-state index contributed by atoms with van der Waals surface area (Å²) in [6.07, 6.45) is -0.129. The summed E-state index contributed by atoms with van der Waals surface area (Å²) in [5.41, 5.74) is 15.1. The second-order valence-electron chi connectivity index (χ2n) is 12.1. The predicted molar refractivity (Wildman–Crippen MR) is 215 cm³/mol. The Labute approximate surface area is 332 Å². The Kier molecular flexibility index (Phi) is 21.3. The van der Waals surface area contributed by atoms with Crippen molar-refractivity contribution in [2.45, 2.75) is 29.6 Å². The molecule has 0 unspecified atom stereocenters. The molecule has 1 aromatic heterocycles. The summed E-state index contributed by atoms with van der Waals surface area (Å²) in [5.74, 6) is -0.809. The van der Waals surface area contributed by atoms with E-state index in [1.807, 2.05) is 0 Å². The van der Waals surface area contributed by atoms with Crippen molar-refractivity contribution >= 4 is 38.3 Å². The van der Waals surface area contributed by atoms with Crippen LogP contribution >= 0.6 is 11.3 Å². The molecule has 0 saturated heterocycles. The molecule has 0 aliphatic rings. The maximum absolute atomic E-state index is 11.7. The quantitative estimate of drug-likeness (QED) is 0.0319. The number of nitrogens with two attached hydrogens (primary N) is 3. The van der Waals surface area contributed by atoms with E-state index in [0.29, 0.717) is 90.4 Å². The molecule has 0 radical (unpaired) electrons. The van der Waals surface area contributed by atoms with Crippen LogP contribution in [0.25, 0.3) is 0 Å². The summed E-state index contributed by atoms with van der Waals surface area (Å²) in [5, 5.41) is 20.5. The zero-order valence-electron chi connectivity index (χ0n) is 31.7. The highest BCUT2D eigenvalue weighted by molar-refractivity contribution is 7.91. The number of hydrogen-bond donors (Lipinski definition) is 6. The second-order valence-corrected chi connectivity index (χ2v) is 14.8. The Balaban J connectivity index is 0.000000304. The smallest absolute Gasteiger partial charge is 0.267 e. The molecule has 1 heterocycles. The molecule has 4 rings (SSSR count). The van der Waals surface area contributed by atoms with E-state index < -0.39 is 25.8 Å². The van der Waals surface area contributed by atoms with Crippen molar-refractivity contribution in [1.29, 1.82) is 0 Å². The van der Waals surface area contributed by atoms with Gasteiger partial charge in [0.2, 0.25) is 21.3 Å². The van der Waals surface area contributed by atoms with Crippen molar-refractivity contribution in [3.63, 3.8) is 0 Å². The minimum absolute atomic E-state index is 0.00955. The first-order chi connectivity index (χ1) is 27.1. The van der Waals surface area contributed by atoms with Crippen LogP contribution in [-0.4, -0.2) is 109 Å². The Bertz CT molecular complexity index is 1760. The van der Waals surface area contributed by atoms with Crippen LogP contribution in [-0.2, 0) is 44.1 Å². The number of amides is 2. The van der Waals surface area contributed by atoms with Crippen molar-refractivity contribution in [2.75, 3.05) is 84.4 Å². The van der Waals surface area contributed by atoms with E-state index in [9.17, 15) is 18.0 Å². The molecule has 0 bridgehead atoms. The monoisotopic (exact) mass is 814 g/mol. The van der Waals surface area contributed by atoms with Crippen LogP contribution in [0.3, 0.4) is 0 Å². The number of anilines is 1. The summed E-state index contributed by atoms with van der Waals surface area (Å²) in [6, 6.07) is 30.0. The van der Waals surface area contributed by atoms with Crippen LogP contribution in [0.2, 0.25) is 0 Å². The van der Waals surface area contributed by atoms with Crippen LogP contribution in [0, 0.1) is 6.92 Å². The molecule has 0 saturated carbocycles. The molecule has 18 heteroatoms. The molecule has 0 spiro atoms. The molecule has 16 nitrogen and oxygen atoms in total. The van der Waals surface area contributed by atoms with Gasteiger partial charge >= 0.3 is 0 Å². The molecule has 4 aromatic rings. The van der Waals surface area contributed by atoms with E-state index in [2.05, 4.69) is 118 Å². The first-order valence-corrected chi connectivity index (χ1v) is 20.5. The van der Waals surface area contributed by atoms with Crippen molar-refractivity contribution in [3.8, 4) is 0 Å². The fourth-order valence-corrected chi connectivity index (χ4v) is 6.59. The molecule has 2 amide bonds. The Morgan fingerprint density at radius 3 is 1.64 bits per heavy atom. The fraction of sp³-hybridized carbons (Fsp3) is 0.421. The fourth-order valence-electron chi connectivity index (χ4n) is 5.24. The lowest BCUT2D eigenvalue weighted by Crippen LogP contribution is -2.46. The lowest BCUT2D eigenvalue weighted by Gasteiger charge is -2.37. The highest BCUT2D eigenvalue weighted by Crippen LogP contribution is 2.36. The highest BCUT2D eigenvalue weighted by Gasteiger charge is 2.35. The number of hydrogen-bond acceptors (Lipinski definition) is 14. The summed E-state index contributed by atoms with van der Waals surface area (Å²) in [7, 11) is -3.96. The molecule has 0 atom stereocenters. The third-order valence-electron chi connectivity index (χ3n) is 7.85. The van der Waals surface area contributed by atoms with E-state index in [1.54, 1.807) is 0 Å². The van der Waals surface area contributed by atoms with Gasteiger partial charge in [-0.15, -0.1) is 10.2 Å². The molecular weight excluding hydrogens is 761 g/mol. The third kappa shape index (κ3) is 16.5. The average molecular weight is 815 g/mol. The van der Waals surface area contributed by atoms with Crippen LogP contribution in [0.4, 0.5) is 5.13 Å². The maximum Gasteiger partial charge on any atom is 0.267 e. The largest absolute Gasteiger partial charge is 0.378 e. The molecule has 56 heavy (non-hydrogen) atoms. The molecule has 306 valence electrons. The normalized spacial score (nSPS) is 11.4. The first-order valence-electron chi connectivity index (χ1n) is 18.2. The van der Waals surface area contributed by atoms with Gasteiger partial charge in [0.1, 0.15) is 0 Å². The number of aryl methyl sites for hydroxylation is 1. The zero-order valence-corrected chi connectivity index (χ0v) is 33.3. The average Bonchev–Trinajstić information content (AvgIpc) is 3.68. The molecular formula is C38H54N8O8S2. The number of aromatic nitrogens is 2. The van der Waals surface area contributed by atoms with Gasteiger partial charge in [0.05, 0.1) is 58.4 Å². The molecule has 9 N–H and O–H groups in total. The Morgan fingerprint density at radius 2 is 1.14 bits per heavy atom. The van der Waals surface area contributed by atoms with Gasteiger partial charge in [0.15, 0.2) is 0 Å². The van der Waals surface area contributed by atoms with Gasteiger partial charge in [-0.1, -0.05) is 102 Å². The van der Waals surface area contributed by atoms with E-state index >= 15 is 0 Å². The summed E-state index contributed by atoms with van der Waals surface area (Å²) < 4.78 is 43.2. The van der Waals surface area contributed by atoms with Crippen LogP contribution in [0.15, 0.2) is 89.3 Å². The first kappa shape index (κ1) is 46.2. The van der Waals surface area contributed by atoms with Crippen LogP contribution in [0.1, 0.15) is 35.1 Å². The minimum Gasteiger partial charge on any atom is -0.378 e. The van der Waals surface area contributed by atoms with E-state index in [1.165, 1.54) is 22.3 Å². The van der Waals surface area contributed by atoms with E-state index in [-0.39, 0.29) is 23.9 Å². The summed E-state index contributed by atoms with van der Waals surface area (Å²) >= 11 is 0.627. The molecule has 0 fully saturated rings. The van der Waals surface area contributed by atoms with Gasteiger partial charge in [-0.25, -0.2) is 13.6 Å². The minimum atomic E-state index is -3.96. The van der Waals surface area contributed by atoms with Crippen molar-refractivity contribution in [3.05, 3.63) is 107 Å². The third-order valence-corrected chi connectivity index (χ3v) is 10.00. The number of primary sulfonamides is 1. The van der Waals surface area contributed by atoms with Gasteiger partial charge in [-0.2, -0.15) is 0 Å². The SMILES string of the molecule is Cc1ccc(C(NCCOCCOCCN)(c2ccccc2)c2ccccc2)cc1.NCCOCCOCCNC(=O)CCC(=O)Nc1nnc(S(N)(=O)=O)s1. The topological polar surface area (TPSA) is 245 Å². The van der Waals surface area contributed by atoms with Gasteiger partial charge in [-0.05, 0) is 23.6 Å². The van der Waals surface area contributed by atoms with Gasteiger partial charge in [0, 0.05) is 39.0 Å². The Hall–Kier alpha value is -4.21. The van der Waals surface area contributed by atoms with Gasteiger partial charge < -0.3 is 41.0 Å². The lowest BCUT2D eigenvalue weighted by atomic mass is 9.77. The second kappa shape index (κ2) is 25.9. The number of rotatable bonds is 25. The van der Waals surface area contributed by atoms with Crippen LogP contribution < -0.4 is 32.6 Å². The van der Waals surface area contributed by atoms with Crippen molar-refractivity contribution in [1.82, 2.24) is 20.8 Å². The predicted octanol–water partition coefficient (Wildman–Crippen LogP) is 1.88.